The Labute approximate surface area is 341 Å². The number of aromatic hydroxyl groups is 1. The Morgan fingerprint density at radius 3 is 2.07 bits per heavy atom. The molecule has 24 heteroatoms. The van der Waals surface area contributed by atoms with Crippen molar-refractivity contribution in [3.8, 4) is 5.75 Å². The van der Waals surface area contributed by atoms with Crippen molar-refractivity contribution < 1.29 is 65.9 Å². The SMILES string of the molecule is Cc1cc(O)cc(C)c1C[C@H](N)C(=O)N1Cc2ccccc2C[C@H]1C(=O)N[C@@H](CCCN=C(N)N[N+](=O)[O-])c1nc2ccccc2[nH]1.O=C(O)C(F)(F)F.O=C(O)C(F)(F)F. The lowest BCUT2D eigenvalue weighted by atomic mass is 9.91. The number of amides is 2. The van der Waals surface area contributed by atoms with Crippen LogP contribution < -0.4 is 22.2 Å². The van der Waals surface area contributed by atoms with Gasteiger partial charge in [-0.25, -0.2) is 29.7 Å². The number of benzene rings is 3. The number of aromatic nitrogens is 2. The zero-order valence-electron chi connectivity index (χ0n) is 32.3. The number of hydrazine groups is 1. The molecule has 1 aromatic heterocycles. The summed E-state index contributed by atoms with van der Waals surface area (Å²) in [6.07, 6.45) is -8.80. The molecule has 330 valence electrons. The van der Waals surface area contributed by atoms with Crippen molar-refractivity contribution in [2.75, 3.05) is 6.54 Å². The maximum atomic E-state index is 14.2. The molecule has 10 N–H and O–H groups in total. The third kappa shape index (κ3) is 14.4. The lowest BCUT2D eigenvalue weighted by Gasteiger charge is -2.38. The second-order valence-electron chi connectivity index (χ2n) is 13.4. The van der Waals surface area contributed by atoms with E-state index >= 15 is 0 Å². The molecule has 5 rings (SSSR count). The number of imidazole rings is 1. The van der Waals surface area contributed by atoms with E-state index in [2.05, 4.69) is 15.3 Å². The molecule has 61 heavy (non-hydrogen) atoms. The minimum atomic E-state index is -5.08. The van der Waals surface area contributed by atoms with Gasteiger partial charge in [-0.05, 0) is 85.2 Å². The van der Waals surface area contributed by atoms with Gasteiger partial charge in [0, 0.05) is 19.5 Å². The molecule has 2 amide bonds. The smallest absolute Gasteiger partial charge is 0.490 e. The van der Waals surface area contributed by atoms with Crippen LogP contribution in [0.2, 0.25) is 0 Å². The number of alkyl halides is 6. The third-order valence-corrected chi connectivity index (χ3v) is 8.93. The number of carboxylic acids is 2. The summed E-state index contributed by atoms with van der Waals surface area (Å²) < 4.78 is 63.5. The van der Waals surface area contributed by atoms with Gasteiger partial charge in [0.2, 0.25) is 11.8 Å². The first-order chi connectivity index (χ1) is 28.4. The number of rotatable bonds is 11. The lowest BCUT2D eigenvalue weighted by molar-refractivity contribution is -0.525. The van der Waals surface area contributed by atoms with Crippen molar-refractivity contribution in [2.45, 2.75) is 76.6 Å². The van der Waals surface area contributed by atoms with Gasteiger partial charge < -0.3 is 42.0 Å². The van der Waals surface area contributed by atoms with Crippen LogP contribution in [0, 0.1) is 24.0 Å². The molecular formula is C37H41F6N9O9. The summed E-state index contributed by atoms with van der Waals surface area (Å²) in [5.41, 5.74) is 19.9. The number of carbonyl (C=O) groups excluding carboxylic acids is 2. The Morgan fingerprint density at radius 1 is 0.984 bits per heavy atom. The maximum Gasteiger partial charge on any atom is 0.490 e. The number of nitrogens with two attached hydrogens (primary N) is 2. The molecule has 0 saturated heterocycles. The molecule has 18 nitrogen and oxygen atoms in total. The van der Waals surface area contributed by atoms with Gasteiger partial charge in [-0.15, -0.1) is 0 Å². The number of aliphatic imine (C=N–C) groups is 1. The Balaban J connectivity index is 0.000000609. The number of nitro groups is 1. The van der Waals surface area contributed by atoms with Gasteiger partial charge in [-0.1, -0.05) is 41.8 Å². The summed E-state index contributed by atoms with van der Waals surface area (Å²) in [4.78, 5) is 70.1. The van der Waals surface area contributed by atoms with E-state index in [0.717, 1.165) is 38.9 Å². The normalized spacial score (nSPS) is 14.9. The average molecular weight is 870 g/mol. The molecule has 2 heterocycles. The second-order valence-corrected chi connectivity index (χ2v) is 13.4. The van der Waals surface area contributed by atoms with Crippen LogP contribution in [0.15, 0.2) is 65.7 Å². The van der Waals surface area contributed by atoms with E-state index < -0.39 is 47.4 Å². The van der Waals surface area contributed by atoms with Gasteiger partial charge in [-0.3, -0.25) is 9.59 Å². The molecule has 1 aliphatic rings. The molecule has 3 aromatic carbocycles. The number of hydrogen-bond donors (Lipinski definition) is 8. The standard InChI is InChI=1S/C33H39N9O5.2C2HF3O2/c1-19-14-23(43)15-20(2)24(19)17-25(34)32(45)41-18-22-9-4-3-8-21(22)16-29(41)31(44)39-28(12-7-13-36-33(35)40-42(46)47)30-37-26-10-5-6-11-27(26)38-30;2*3-2(4,5)1(6)7/h3-6,8-11,14-15,25,28-29,43H,7,12-13,16-18,34H2,1-2H3,(H,37,38)(H,39,44)(H3,35,36,40);2*(H,6,7)/t25-,28-,29-;;/m0../s1. The van der Waals surface area contributed by atoms with Crippen LogP contribution in [0.4, 0.5) is 26.3 Å². The summed E-state index contributed by atoms with van der Waals surface area (Å²) in [5, 5.41) is 37.2. The Bertz CT molecular complexity index is 2170. The van der Waals surface area contributed by atoms with Crippen molar-refractivity contribution in [1.29, 1.82) is 0 Å². The van der Waals surface area contributed by atoms with Gasteiger partial charge in [-0.2, -0.15) is 26.3 Å². The van der Waals surface area contributed by atoms with Crippen LogP contribution >= 0.6 is 0 Å². The fourth-order valence-electron chi connectivity index (χ4n) is 6.11. The van der Waals surface area contributed by atoms with Crippen molar-refractivity contribution in [2.24, 2.45) is 16.5 Å². The van der Waals surface area contributed by atoms with Crippen molar-refractivity contribution in [3.05, 3.63) is 104 Å². The Hall–Kier alpha value is -6.98. The van der Waals surface area contributed by atoms with Crippen LogP contribution in [0.5, 0.6) is 5.75 Å². The quantitative estimate of drug-likeness (QED) is 0.0267. The largest absolute Gasteiger partial charge is 0.508 e. The fraction of sp³-hybridized carbons (Fsp3) is 0.351. The third-order valence-electron chi connectivity index (χ3n) is 8.93. The number of carbonyl (C=O) groups is 4. The zero-order chi connectivity index (χ0) is 45.8. The number of aromatic amines is 1. The van der Waals surface area contributed by atoms with Crippen LogP contribution in [0.1, 0.15) is 52.5 Å². The summed E-state index contributed by atoms with van der Waals surface area (Å²) in [7, 11) is 0. The van der Waals surface area contributed by atoms with Crippen LogP contribution in [0.3, 0.4) is 0 Å². The van der Waals surface area contributed by atoms with Gasteiger partial charge >= 0.3 is 24.3 Å². The summed E-state index contributed by atoms with van der Waals surface area (Å²) in [6, 6.07) is 16.2. The number of fused-ring (bicyclic) bond motifs is 2. The molecule has 0 fully saturated rings. The van der Waals surface area contributed by atoms with Gasteiger partial charge in [0.05, 0.1) is 23.1 Å². The zero-order valence-corrected chi connectivity index (χ0v) is 32.3. The molecule has 0 unspecified atom stereocenters. The summed E-state index contributed by atoms with van der Waals surface area (Å²) in [6.45, 7) is 4.12. The number of phenols is 1. The van der Waals surface area contributed by atoms with E-state index in [1.54, 1.807) is 17.0 Å². The number of hydrogen-bond acceptors (Lipinski definition) is 10. The highest BCUT2D eigenvalue weighted by molar-refractivity contribution is 5.91. The number of guanidine groups is 1. The maximum absolute atomic E-state index is 14.2. The Morgan fingerprint density at radius 2 is 1.52 bits per heavy atom. The molecule has 0 bridgehead atoms. The fourth-order valence-corrected chi connectivity index (χ4v) is 6.11. The highest BCUT2D eigenvalue weighted by atomic mass is 19.4. The number of carboxylic acid groups (broad SMARTS) is 2. The average Bonchev–Trinajstić information content (AvgIpc) is 3.60. The summed E-state index contributed by atoms with van der Waals surface area (Å²) >= 11 is 0. The molecule has 0 saturated carbocycles. The molecule has 1 aliphatic heterocycles. The van der Waals surface area contributed by atoms with E-state index in [4.69, 9.17) is 36.3 Å². The van der Waals surface area contributed by atoms with E-state index in [1.807, 2.05) is 67.8 Å². The number of H-pyrrole nitrogens is 1. The summed E-state index contributed by atoms with van der Waals surface area (Å²) in [5.74, 6) is -5.86. The van der Waals surface area contributed by atoms with Gasteiger partial charge in [0.15, 0.2) is 5.03 Å². The molecular weight excluding hydrogens is 828 g/mol. The highest BCUT2D eigenvalue weighted by Gasteiger charge is 2.40. The monoisotopic (exact) mass is 869 g/mol. The van der Waals surface area contributed by atoms with Crippen molar-refractivity contribution in [3.63, 3.8) is 0 Å². The van der Waals surface area contributed by atoms with Crippen LogP contribution in [-0.2, 0) is 38.6 Å². The molecule has 0 spiro atoms. The van der Waals surface area contributed by atoms with Gasteiger partial charge in [0.25, 0.3) is 5.96 Å². The minimum absolute atomic E-state index is 0.149. The predicted octanol–water partition coefficient (Wildman–Crippen LogP) is 3.71. The van der Waals surface area contributed by atoms with E-state index in [9.17, 15) is 51.2 Å². The predicted molar refractivity (Wildman–Crippen MR) is 204 cm³/mol. The van der Waals surface area contributed by atoms with Crippen LogP contribution in [0.25, 0.3) is 11.0 Å². The van der Waals surface area contributed by atoms with E-state index in [0.29, 0.717) is 25.1 Å². The lowest BCUT2D eigenvalue weighted by Crippen LogP contribution is -2.57. The molecule has 0 radical (unpaired) electrons. The number of phenolic OH excluding ortho intramolecular Hbond substituents is 1. The second kappa shape index (κ2) is 20.8. The number of aryl methyl sites for hydroxylation is 2. The molecule has 0 aliphatic carbocycles. The van der Waals surface area contributed by atoms with Crippen molar-refractivity contribution in [1.82, 2.24) is 25.6 Å². The van der Waals surface area contributed by atoms with E-state index in [-0.39, 0.29) is 43.0 Å². The van der Waals surface area contributed by atoms with Crippen molar-refractivity contribution >= 4 is 40.7 Å². The topological polar surface area (TPSA) is 292 Å². The highest BCUT2D eigenvalue weighted by Crippen LogP contribution is 2.28. The first kappa shape index (κ1) is 48.4. The number of nitrogens with one attached hydrogen (secondary N) is 3. The number of aliphatic carboxylic acids is 2. The Kier molecular flexibility index (Phi) is 16.5. The first-order valence-electron chi connectivity index (χ1n) is 17.9. The van der Waals surface area contributed by atoms with Crippen LogP contribution in [-0.4, -0.2) is 95.9 Å². The minimum Gasteiger partial charge on any atom is -0.508 e. The molecule has 3 atom stereocenters. The van der Waals surface area contributed by atoms with E-state index in [1.165, 1.54) is 0 Å². The molecule has 4 aromatic rings. The van der Waals surface area contributed by atoms with Gasteiger partial charge in [0.1, 0.15) is 17.6 Å². The number of halogens is 6. The number of nitrogens with zero attached hydrogens (tertiary/aromatic N) is 4. The first-order valence-corrected chi connectivity index (χ1v) is 17.9. The number of para-hydroxylation sites is 2.